The van der Waals surface area contributed by atoms with Crippen LogP contribution in [0.2, 0.25) is 0 Å². The van der Waals surface area contributed by atoms with Gasteiger partial charge in [0.2, 0.25) is 0 Å². The van der Waals surface area contributed by atoms with Crippen molar-refractivity contribution < 1.29 is 14.6 Å². The minimum absolute atomic E-state index is 0.146. The fourth-order valence-electron chi connectivity index (χ4n) is 3.22. The van der Waals surface area contributed by atoms with Crippen LogP contribution in [0.3, 0.4) is 0 Å². The standard InChI is InChI=1S/C13H22O3/c1-3-15-13(16-4-2)12-10-6-5-9(7-10)11(12)8-14/h5-6,9-14H,3-4,7-8H2,1-2H3. The molecule has 4 unspecified atom stereocenters. The second-order valence-corrected chi connectivity index (χ2v) is 4.65. The van der Waals surface area contributed by atoms with Crippen LogP contribution in [-0.4, -0.2) is 31.2 Å². The molecule has 0 heterocycles. The van der Waals surface area contributed by atoms with Crippen molar-refractivity contribution in [3.63, 3.8) is 0 Å². The van der Waals surface area contributed by atoms with E-state index in [1.165, 1.54) is 0 Å². The van der Waals surface area contributed by atoms with Gasteiger partial charge in [0.05, 0.1) is 0 Å². The normalized spacial score (nSPS) is 36.5. The first-order valence-electron chi connectivity index (χ1n) is 6.34. The predicted molar refractivity (Wildman–Crippen MR) is 61.8 cm³/mol. The Kier molecular flexibility index (Phi) is 4.00. The highest BCUT2D eigenvalue weighted by Crippen LogP contribution is 2.49. The number of aliphatic hydroxyl groups excluding tert-OH is 1. The molecular formula is C13H22O3. The quantitative estimate of drug-likeness (QED) is 0.554. The van der Waals surface area contributed by atoms with Gasteiger partial charge in [-0.15, -0.1) is 0 Å². The Balaban J connectivity index is 2.07. The molecule has 0 aromatic heterocycles. The molecule has 0 saturated heterocycles. The molecule has 0 aromatic carbocycles. The first kappa shape index (κ1) is 12.1. The zero-order valence-corrected chi connectivity index (χ0v) is 10.1. The first-order chi connectivity index (χ1) is 7.81. The molecule has 0 amide bonds. The molecule has 92 valence electrons. The number of ether oxygens (including phenoxy) is 2. The number of allylic oxidation sites excluding steroid dienone is 2. The van der Waals surface area contributed by atoms with E-state index in [1.54, 1.807) is 0 Å². The SMILES string of the molecule is CCOC(OCC)C1C2C=CC(C2)C1CO. The molecule has 4 atom stereocenters. The summed E-state index contributed by atoms with van der Waals surface area (Å²) in [6.07, 6.45) is 5.53. The van der Waals surface area contributed by atoms with Crippen LogP contribution in [0.4, 0.5) is 0 Å². The van der Waals surface area contributed by atoms with Crippen molar-refractivity contribution in [3.05, 3.63) is 12.2 Å². The Labute approximate surface area is 97.4 Å². The molecule has 16 heavy (non-hydrogen) atoms. The van der Waals surface area contributed by atoms with Crippen LogP contribution in [0.5, 0.6) is 0 Å². The van der Waals surface area contributed by atoms with E-state index in [1.807, 2.05) is 13.8 Å². The third-order valence-electron chi connectivity index (χ3n) is 3.88. The van der Waals surface area contributed by atoms with Gasteiger partial charge in [0.15, 0.2) is 6.29 Å². The number of fused-ring (bicyclic) bond motifs is 2. The van der Waals surface area contributed by atoms with Gasteiger partial charge >= 0.3 is 0 Å². The van der Waals surface area contributed by atoms with E-state index in [9.17, 15) is 5.11 Å². The lowest BCUT2D eigenvalue weighted by Crippen LogP contribution is -2.37. The minimum Gasteiger partial charge on any atom is -0.396 e. The summed E-state index contributed by atoms with van der Waals surface area (Å²) in [6.45, 7) is 5.56. The third-order valence-corrected chi connectivity index (χ3v) is 3.88. The number of rotatable bonds is 6. The zero-order chi connectivity index (χ0) is 11.5. The molecule has 0 radical (unpaired) electrons. The van der Waals surface area contributed by atoms with E-state index in [-0.39, 0.29) is 12.9 Å². The highest BCUT2D eigenvalue weighted by molar-refractivity contribution is 5.14. The summed E-state index contributed by atoms with van der Waals surface area (Å²) < 4.78 is 11.4. The molecule has 3 heteroatoms. The van der Waals surface area contributed by atoms with Gasteiger partial charge in [-0.25, -0.2) is 0 Å². The van der Waals surface area contributed by atoms with Gasteiger partial charge in [-0.1, -0.05) is 12.2 Å². The third kappa shape index (κ3) is 2.04. The fraction of sp³-hybridized carbons (Fsp3) is 0.846. The van der Waals surface area contributed by atoms with Crippen LogP contribution in [0.25, 0.3) is 0 Å². The van der Waals surface area contributed by atoms with Crippen LogP contribution < -0.4 is 0 Å². The van der Waals surface area contributed by atoms with Gasteiger partial charge in [-0.05, 0) is 38.0 Å². The molecule has 2 rings (SSSR count). The smallest absolute Gasteiger partial charge is 0.161 e. The van der Waals surface area contributed by atoms with Crippen molar-refractivity contribution in [1.82, 2.24) is 0 Å². The monoisotopic (exact) mass is 226 g/mol. The molecule has 0 aliphatic heterocycles. The lowest BCUT2D eigenvalue weighted by molar-refractivity contribution is -0.183. The van der Waals surface area contributed by atoms with Gasteiger partial charge in [-0.2, -0.15) is 0 Å². The van der Waals surface area contributed by atoms with E-state index in [0.29, 0.717) is 36.9 Å². The van der Waals surface area contributed by atoms with Gasteiger partial charge < -0.3 is 14.6 Å². The maximum absolute atomic E-state index is 9.50. The molecule has 1 saturated carbocycles. The second kappa shape index (κ2) is 5.30. The summed E-state index contributed by atoms with van der Waals surface area (Å²) in [6, 6.07) is 0. The van der Waals surface area contributed by atoms with Crippen molar-refractivity contribution >= 4 is 0 Å². The zero-order valence-electron chi connectivity index (χ0n) is 10.1. The average molecular weight is 226 g/mol. The fourth-order valence-corrected chi connectivity index (χ4v) is 3.22. The largest absolute Gasteiger partial charge is 0.396 e. The highest BCUT2D eigenvalue weighted by atomic mass is 16.7. The molecule has 2 aliphatic carbocycles. The molecule has 0 spiro atoms. The van der Waals surface area contributed by atoms with Crippen LogP contribution in [0.15, 0.2) is 12.2 Å². The summed E-state index contributed by atoms with van der Waals surface area (Å²) >= 11 is 0. The van der Waals surface area contributed by atoms with Crippen LogP contribution in [0.1, 0.15) is 20.3 Å². The lowest BCUT2D eigenvalue weighted by Gasteiger charge is -2.33. The lowest BCUT2D eigenvalue weighted by atomic mass is 9.83. The van der Waals surface area contributed by atoms with E-state index < -0.39 is 0 Å². The topological polar surface area (TPSA) is 38.7 Å². The predicted octanol–water partition coefficient (Wildman–Crippen LogP) is 1.82. The van der Waals surface area contributed by atoms with Gasteiger partial charge in [-0.3, -0.25) is 0 Å². The maximum atomic E-state index is 9.50. The molecule has 2 bridgehead atoms. The molecule has 1 fully saturated rings. The molecule has 3 nitrogen and oxygen atoms in total. The summed E-state index contributed by atoms with van der Waals surface area (Å²) in [5.41, 5.74) is 0. The van der Waals surface area contributed by atoms with E-state index in [0.717, 1.165) is 6.42 Å². The van der Waals surface area contributed by atoms with Crippen LogP contribution >= 0.6 is 0 Å². The highest BCUT2D eigenvalue weighted by Gasteiger charge is 2.48. The molecule has 0 aromatic rings. The van der Waals surface area contributed by atoms with Crippen molar-refractivity contribution in [2.75, 3.05) is 19.8 Å². The minimum atomic E-state index is -0.146. The molecule has 1 N–H and O–H groups in total. The second-order valence-electron chi connectivity index (χ2n) is 4.65. The number of hydrogen-bond donors (Lipinski definition) is 1. The average Bonchev–Trinajstić information content (AvgIpc) is 2.88. The summed E-state index contributed by atoms with van der Waals surface area (Å²) in [5, 5.41) is 9.50. The molecule has 2 aliphatic rings. The van der Waals surface area contributed by atoms with Gasteiger partial charge in [0, 0.05) is 25.7 Å². The van der Waals surface area contributed by atoms with Gasteiger partial charge in [0.25, 0.3) is 0 Å². The first-order valence-corrected chi connectivity index (χ1v) is 6.34. The Bertz CT molecular complexity index is 246. The Morgan fingerprint density at radius 2 is 1.81 bits per heavy atom. The van der Waals surface area contributed by atoms with E-state index >= 15 is 0 Å². The summed E-state index contributed by atoms with van der Waals surface area (Å²) in [7, 11) is 0. The van der Waals surface area contributed by atoms with Crippen molar-refractivity contribution in [1.29, 1.82) is 0 Å². The van der Waals surface area contributed by atoms with Crippen molar-refractivity contribution in [2.24, 2.45) is 23.7 Å². The van der Waals surface area contributed by atoms with Crippen molar-refractivity contribution in [2.45, 2.75) is 26.6 Å². The van der Waals surface area contributed by atoms with E-state index in [4.69, 9.17) is 9.47 Å². The maximum Gasteiger partial charge on any atom is 0.161 e. The van der Waals surface area contributed by atoms with Crippen molar-refractivity contribution in [3.8, 4) is 0 Å². The van der Waals surface area contributed by atoms with Crippen LogP contribution in [0, 0.1) is 23.7 Å². The Hall–Kier alpha value is -0.380. The Morgan fingerprint density at radius 3 is 2.38 bits per heavy atom. The Morgan fingerprint density at radius 1 is 1.19 bits per heavy atom. The van der Waals surface area contributed by atoms with Gasteiger partial charge in [0.1, 0.15) is 0 Å². The summed E-state index contributed by atoms with van der Waals surface area (Å²) in [4.78, 5) is 0. The number of hydrogen-bond acceptors (Lipinski definition) is 3. The molecular weight excluding hydrogens is 204 g/mol. The van der Waals surface area contributed by atoms with E-state index in [2.05, 4.69) is 12.2 Å². The summed E-state index contributed by atoms with van der Waals surface area (Å²) in [5.74, 6) is 1.71. The van der Waals surface area contributed by atoms with Crippen LogP contribution in [-0.2, 0) is 9.47 Å². The number of aliphatic hydroxyl groups is 1.